The van der Waals surface area contributed by atoms with E-state index in [1.807, 2.05) is 18.3 Å². The van der Waals surface area contributed by atoms with Gasteiger partial charge in [0.2, 0.25) is 0 Å². The number of anilines is 2. The summed E-state index contributed by atoms with van der Waals surface area (Å²) in [4.78, 5) is 19.0. The van der Waals surface area contributed by atoms with E-state index in [1.54, 1.807) is 6.20 Å². The molecule has 4 heteroatoms. The third-order valence-corrected chi connectivity index (χ3v) is 6.85. The highest BCUT2D eigenvalue weighted by molar-refractivity contribution is 5.81. The second-order valence-electron chi connectivity index (χ2n) is 8.88. The lowest BCUT2D eigenvalue weighted by molar-refractivity contribution is -0.118. The molecule has 4 nitrogen and oxygen atoms in total. The van der Waals surface area contributed by atoms with E-state index in [0.717, 1.165) is 37.2 Å². The van der Waals surface area contributed by atoms with Gasteiger partial charge in [0.25, 0.3) is 0 Å². The fourth-order valence-corrected chi connectivity index (χ4v) is 5.13. The Morgan fingerprint density at radius 1 is 0.968 bits per heavy atom. The number of fused-ring (bicyclic) bond motifs is 2. The summed E-state index contributed by atoms with van der Waals surface area (Å²) in [5, 5.41) is 3.51. The van der Waals surface area contributed by atoms with Crippen LogP contribution in [0.4, 0.5) is 11.4 Å². The summed E-state index contributed by atoms with van der Waals surface area (Å²) in [6.07, 6.45) is 7.78. The van der Waals surface area contributed by atoms with Crippen molar-refractivity contribution in [3.05, 3.63) is 89.7 Å². The third kappa shape index (κ3) is 4.13. The normalized spacial score (nSPS) is 17.0. The number of aryl methyl sites for hydroxylation is 1. The van der Waals surface area contributed by atoms with E-state index in [1.165, 1.54) is 29.8 Å². The van der Waals surface area contributed by atoms with E-state index in [0.29, 0.717) is 12.8 Å². The van der Waals surface area contributed by atoms with Crippen LogP contribution >= 0.6 is 0 Å². The fraction of sp³-hybridized carbons (Fsp3) is 0.333. The van der Waals surface area contributed by atoms with Gasteiger partial charge in [-0.15, -0.1) is 0 Å². The van der Waals surface area contributed by atoms with Gasteiger partial charge in [-0.2, -0.15) is 0 Å². The number of ketones is 1. The standard InChI is InChI=1S/C27H29N3O/c31-24(12-9-22-4-3-15-29-19-22)18-21-7-10-23(11-8-21)30-20-27(13-16-28-17-14-27)25-5-1-2-6-26(25)30/h1-8,10-11,15,19,28H,9,12-14,16-18,20H2. The van der Waals surface area contributed by atoms with Gasteiger partial charge in [0.15, 0.2) is 0 Å². The first kappa shape index (κ1) is 20.0. The molecule has 0 aliphatic carbocycles. The van der Waals surface area contributed by atoms with Gasteiger partial charge in [-0.1, -0.05) is 36.4 Å². The van der Waals surface area contributed by atoms with Gasteiger partial charge in [-0.05, 0) is 73.3 Å². The maximum Gasteiger partial charge on any atom is 0.137 e. The first-order valence-electron chi connectivity index (χ1n) is 11.3. The quantitative estimate of drug-likeness (QED) is 0.644. The topological polar surface area (TPSA) is 45.2 Å². The van der Waals surface area contributed by atoms with Crippen LogP contribution in [-0.4, -0.2) is 30.4 Å². The lowest BCUT2D eigenvalue weighted by Gasteiger charge is -2.35. The van der Waals surface area contributed by atoms with Crippen LogP contribution in [0.3, 0.4) is 0 Å². The molecule has 2 aliphatic rings. The first-order valence-corrected chi connectivity index (χ1v) is 11.3. The maximum atomic E-state index is 12.5. The first-order chi connectivity index (χ1) is 15.2. The highest BCUT2D eigenvalue weighted by Gasteiger charge is 2.43. The lowest BCUT2D eigenvalue weighted by atomic mass is 9.75. The molecule has 1 spiro atoms. The summed E-state index contributed by atoms with van der Waals surface area (Å²) >= 11 is 0. The van der Waals surface area contributed by atoms with Crippen molar-refractivity contribution in [1.82, 2.24) is 10.3 Å². The summed E-state index contributed by atoms with van der Waals surface area (Å²) in [5.74, 6) is 0.275. The van der Waals surface area contributed by atoms with E-state index in [-0.39, 0.29) is 11.2 Å². The van der Waals surface area contributed by atoms with Crippen LogP contribution in [0, 0.1) is 0 Å². The van der Waals surface area contributed by atoms with Crippen molar-refractivity contribution in [2.24, 2.45) is 0 Å². The molecule has 0 unspecified atom stereocenters. The monoisotopic (exact) mass is 411 g/mol. The smallest absolute Gasteiger partial charge is 0.137 e. The molecule has 2 aliphatic heterocycles. The van der Waals surface area contributed by atoms with Crippen LogP contribution in [0.25, 0.3) is 0 Å². The minimum Gasteiger partial charge on any atom is -0.340 e. The van der Waals surface area contributed by atoms with E-state index < -0.39 is 0 Å². The molecule has 3 aromatic rings. The molecule has 31 heavy (non-hydrogen) atoms. The van der Waals surface area contributed by atoms with E-state index in [2.05, 4.69) is 63.7 Å². The molecule has 158 valence electrons. The zero-order chi connectivity index (χ0) is 21.1. The number of rotatable bonds is 6. The van der Waals surface area contributed by atoms with Gasteiger partial charge in [-0.25, -0.2) is 0 Å². The van der Waals surface area contributed by atoms with Crippen LogP contribution in [-0.2, 0) is 23.1 Å². The van der Waals surface area contributed by atoms with Crippen molar-refractivity contribution in [2.75, 3.05) is 24.5 Å². The largest absolute Gasteiger partial charge is 0.340 e. The van der Waals surface area contributed by atoms with Gasteiger partial charge < -0.3 is 10.2 Å². The number of pyridine rings is 1. The molecular weight excluding hydrogens is 382 g/mol. The molecule has 1 saturated heterocycles. The molecule has 5 rings (SSSR count). The van der Waals surface area contributed by atoms with E-state index in [4.69, 9.17) is 0 Å². The third-order valence-electron chi connectivity index (χ3n) is 6.85. The number of nitrogens with one attached hydrogen (secondary N) is 1. The highest BCUT2D eigenvalue weighted by Crippen LogP contribution is 2.48. The summed E-state index contributed by atoms with van der Waals surface area (Å²) < 4.78 is 0. The molecule has 1 aromatic heterocycles. The molecule has 2 aromatic carbocycles. The van der Waals surface area contributed by atoms with Gasteiger partial charge in [0, 0.05) is 48.6 Å². The van der Waals surface area contributed by atoms with Crippen LogP contribution in [0.15, 0.2) is 73.1 Å². The summed E-state index contributed by atoms with van der Waals surface area (Å²) in [6, 6.07) is 21.4. The Hall–Kier alpha value is -2.98. The molecule has 1 N–H and O–H groups in total. The molecule has 0 amide bonds. The van der Waals surface area contributed by atoms with E-state index >= 15 is 0 Å². The minimum absolute atomic E-state index is 0.253. The van der Waals surface area contributed by atoms with Crippen LogP contribution in [0.1, 0.15) is 36.0 Å². The van der Waals surface area contributed by atoms with Gasteiger partial charge >= 0.3 is 0 Å². The Bertz CT molecular complexity index is 1040. The van der Waals surface area contributed by atoms with Gasteiger partial charge in [0.1, 0.15) is 5.78 Å². The number of nitrogens with zero attached hydrogens (tertiary/aromatic N) is 2. The highest BCUT2D eigenvalue weighted by atomic mass is 16.1. The number of piperidine rings is 1. The molecule has 0 saturated carbocycles. The van der Waals surface area contributed by atoms with Crippen LogP contribution < -0.4 is 10.2 Å². The van der Waals surface area contributed by atoms with Crippen molar-refractivity contribution in [2.45, 2.75) is 37.5 Å². The second kappa shape index (κ2) is 8.64. The Labute approximate surface area is 184 Å². The predicted octanol–water partition coefficient (Wildman–Crippen LogP) is 4.60. The zero-order valence-electron chi connectivity index (χ0n) is 17.9. The van der Waals surface area contributed by atoms with Crippen molar-refractivity contribution in [3.8, 4) is 0 Å². The number of Topliss-reactive ketones (excluding diaryl/α,β-unsaturated/α-hetero) is 1. The van der Waals surface area contributed by atoms with Crippen LogP contribution in [0.2, 0.25) is 0 Å². The average molecular weight is 412 g/mol. The number of para-hydroxylation sites is 1. The molecular formula is C27H29N3O. The molecule has 0 atom stereocenters. The second-order valence-corrected chi connectivity index (χ2v) is 8.88. The summed E-state index contributed by atoms with van der Waals surface area (Å²) in [6.45, 7) is 3.21. The van der Waals surface area contributed by atoms with Crippen LogP contribution in [0.5, 0.6) is 0 Å². The number of hydrogen-bond acceptors (Lipinski definition) is 4. The van der Waals surface area contributed by atoms with Crippen molar-refractivity contribution in [1.29, 1.82) is 0 Å². The molecule has 3 heterocycles. The Morgan fingerprint density at radius 3 is 2.55 bits per heavy atom. The minimum atomic E-state index is 0.253. The van der Waals surface area contributed by atoms with Crippen molar-refractivity contribution in [3.63, 3.8) is 0 Å². The molecule has 1 fully saturated rings. The Morgan fingerprint density at radius 2 is 1.77 bits per heavy atom. The fourth-order valence-electron chi connectivity index (χ4n) is 5.13. The number of aromatic nitrogens is 1. The van der Waals surface area contributed by atoms with Crippen molar-refractivity contribution >= 4 is 17.2 Å². The van der Waals surface area contributed by atoms with Gasteiger partial charge in [0.05, 0.1) is 0 Å². The Kier molecular flexibility index (Phi) is 5.56. The number of carbonyl (C=O) groups is 1. The molecule has 0 radical (unpaired) electrons. The number of hydrogen-bond donors (Lipinski definition) is 1. The van der Waals surface area contributed by atoms with E-state index in [9.17, 15) is 4.79 Å². The average Bonchev–Trinajstić information content (AvgIpc) is 3.13. The number of benzene rings is 2. The maximum absolute atomic E-state index is 12.5. The Balaban J connectivity index is 1.27. The van der Waals surface area contributed by atoms with Crippen molar-refractivity contribution < 1.29 is 4.79 Å². The van der Waals surface area contributed by atoms with Gasteiger partial charge in [-0.3, -0.25) is 9.78 Å². The summed E-state index contributed by atoms with van der Waals surface area (Å²) in [5.41, 5.74) is 6.50. The lowest BCUT2D eigenvalue weighted by Crippen LogP contribution is -2.42. The summed E-state index contributed by atoms with van der Waals surface area (Å²) in [7, 11) is 0. The zero-order valence-corrected chi connectivity index (χ0v) is 17.9. The SMILES string of the molecule is O=C(CCc1cccnc1)Cc1ccc(N2CC3(CCNCC3)c3ccccc32)cc1. The molecule has 0 bridgehead atoms. The number of carbonyl (C=O) groups excluding carboxylic acids is 1. The predicted molar refractivity (Wildman–Crippen MR) is 125 cm³/mol.